The summed E-state index contributed by atoms with van der Waals surface area (Å²) in [6.45, 7) is 17.7. The van der Waals surface area contributed by atoms with Crippen LogP contribution in [0.2, 0.25) is 0 Å². The summed E-state index contributed by atoms with van der Waals surface area (Å²) in [7, 11) is 0. The van der Waals surface area contributed by atoms with Gasteiger partial charge in [-0.3, -0.25) is 4.79 Å². The van der Waals surface area contributed by atoms with E-state index in [-0.39, 0.29) is 29.4 Å². The molecule has 3 N–H and O–H groups in total. The lowest BCUT2D eigenvalue weighted by Crippen LogP contribution is -2.42. The zero-order valence-electron chi connectivity index (χ0n) is 26.2. The number of aliphatic carboxylic acids is 1. The van der Waals surface area contributed by atoms with Gasteiger partial charge in [-0.15, -0.1) is 0 Å². The molecule has 0 aliphatic carbocycles. The van der Waals surface area contributed by atoms with Crippen molar-refractivity contribution in [1.82, 2.24) is 0 Å². The molecule has 6 unspecified atom stereocenters. The summed E-state index contributed by atoms with van der Waals surface area (Å²) in [4.78, 5) is 49.4. The number of ether oxygens (including phenoxy) is 6. The van der Waals surface area contributed by atoms with Gasteiger partial charge in [0.25, 0.3) is 0 Å². The van der Waals surface area contributed by atoms with Crippen molar-refractivity contribution < 1.29 is 52.7 Å². The van der Waals surface area contributed by atoms with Crippen molar-refractivity contribution in [1.29, 1.82) is 0 Å². The van der Waals surface area contributed by atoms with E-state index in [0.29, 0.717) is 12.0 Å². The Hall–Kier alpha value is -3.54. The van der Waals surface area contributed by atoms with Crippen LogP contribution >= 0.6 is 0 Å². The molecule has 0 saturated carbocycles. The highest BCUT2D eigenvalue weighted by atomic mass is 16.8. The van der Waals surface area contributed by atoms with Crippen LogP contribution in [-0.2, 0) is 23.7 Å². The molecular weight excluding hydrogens is 550 g/mol. The topological polar surface area (TPSA) is 170 Å². The average Bonchev–Trinajstić information content (AvgIpc) is 2.89. The van der Waals surface area contributed by atoms with E-state index in [9.17, 15) is 24.3 Å². The molecule has 1 aromatic rings. The molecule has 42 heavy (non-hydrogen) atoms. The Bertz CT molecular complexity index is 1060. The Labute approximate surface area is 248 Å². The molecule has 0 aliphatic heterocycles. The molecule has 7 atom stereocenters. The summed E-state index contributed by atoms with van der Waals surface area (Å²) in [6, 6.07) is 2.71. The molecule has 0 spiro atoms. The summed E-state index contributed by atoms with van der Waals surface area (Å²) in [5, 5.41) is 9.80. The van der Waals surface area contributed by atoms with Gasteiger partial charge in [-0.25, -0.2) is 14.4 Å². The number of carbonyl (C=O) groups excluding carboxylic acids is 3. The Morgan fingerprint density at radius 3 is 1.64 bits per heavy atom. The van der Waals surface area contributed by atoms with Gasteiger partial charge in [0, 0.05) is 11.8 Å². The molecular formula is C30H47NO11. The normalized spacial score (nSPS) is 16.3. The number of carbonyl (C=O) groups is 4. The molecule has 12 nitrogen and oxygen atoms in total. The van der Waals surface area contributed by atoms with Gasteiger partial charge in [0.1, 0.15) is 30.5 Å². The molecule has 0 heterocycles. The molecule has 1 rings (SSSR count). The lowest BCUT2D eigenvalue weighted by Gasteiger charge is -2.31. The van der Waals surface area contributed by atoms with Crippen molar-refractivity contribution >= 4 is 24.4 Å². The van der Waals surface area contributed by atoms with E-state index in [4.69, 9.17) is 34.2 Å². The van der Waals surface area contributed by atoms with E-state index < -0.39 is 60.6 Å². The fourth-order valence-corrected chi connectivity index (χ4v) is 3.52. The van der Waals surface area contributed by atoms with Gasteiger partial charge >= 0.3 is 24.4 Å². The lowest BCUT2D eigenvalue weighted by molar-refractivity contribution is -0.139. The zero-order chi connectivity index (χ0) is 32.3. The molecule has 0 aliphatic rings. The number of nitrogens with two attached hydrogens (primary N) is 1. The molecule has 0 saturated heterocycles. The van der Waals surface area contributed by atoms with Crippen molar-refractivity contribution in [2.75, 3.05) is 0 Å². The molecule has 0 bridgehead atoms. The Kier molecular flexibility index (Phi) is 14.6. The van der Waals surface area contributed by atoms with Gasteiger partial charge in [-0.2, -0.15) is 0 Å². The number of benzene rings is 1. The maximum absolute atomic E-state index is 12.6. The molecule has 1 aromatic carbocycles. The zero-order valence-corrected chi connectivity index (χ0v) is 26.2. The van der Waals surface area contributed by atoms with Crippen LogP contribution in [-0.4, -0.2) is 60.0 Å². The third-order valence-electron chi connectivity index (χ3n) is 7.31. The van der Waals surface area contributed by atoms with E-state index in [1.54, 1.807) is 34.6 Å². The highest BCUT2D eigenvalue weighted by Gasteiger charge is 2.36. The van der Waals surface area contributed by atoms with Crippen molar-refractivity contribution in [3.8, 4) is 11.5 Å². The SMILES string of the molecule is CCC(C)OC(=O)OC(C)C(C)C(c1ccc(OC(=O)OC(C)C(C)C)c(OC(=O)OC(C)C(C)C)c1)[C@H](N)C(=O)O. The lowest BCUT2D eigenvalue weighted by atomic mass is 9.79. The van der Waals surface area contributed by atoms with Crippen LogP contribution < -0.4 is 15.2 Å². The van der Waals surface area contributed by atoms with Crippen LogP contribution in [0.1, 0.15) is 87.1 Å². The second-order valence-electron chi connectivity index (χ2n) is 11.2. The van der Waals surface area contributed by atoms with Gasteiger partial charge in [-0.05, 0) is 63.6 Å². The standard InChI is InChI=1S/C30H47NO11/c1-11-17(6)37-28(34)40-21(10)18(7)25(26(31)27(32)33)22-12-13-23(41-29(35)38-19(8)15(2)3)24(14-22)42-30(36)39-20(9)16(4)5/h12-21,25-26H,11,31H2,1-10H3,(H,32,33)/t17?,18?,19?,20?,21?,25?,26-/m0/s1. The summed E-state index contributed by atoms with van der Waals surface area (Å²) >= 11 is 0. The summed E-state index contributed by atoms with van der Waals surface area (Å²) in [5.41, 5.74) is 6.43. The monoisotopic (exact) mass is 597 g/mol. The smallest absolute Gasteiger partial charge is 0.480 e. The van der Waals surface area contributed by atoms with Gasteiger partial charge < -0.3 is 39.3 Å². The largest absolute Gasteiger partial charge is 0.514 e. The number of hydrogen-bond acceptors (Lipinski definition) is 11. The van der Waals surface area contributed by atoms with E-state index in [1.165, 1.54) is 18.2 Å². The van der Waals surface area contributed by atoms with Crippen molar-refractivity contribution in [2.45, 2.75) is 112 Å². The summed E-state index contributed by atoms with van der Waals surface area (Å²) < 4.78 is 31.9. The fraction of sp³-hybridized carbons (Fsp3) is 0.667. The summed E-state index contributed by atoms with van der Waals surface area (Å²) in [6.07, 6.45) is -4.50. The van der Waals surface area contributed by atoms with Crippen LogP contribution in [0.5, 0.6) is 11.5 Å². The van der Waals surface area contributed by atoms with Crippen molar-refractivity contribution in [3.05, 3.63) is 23.8 Å². The quantitative estimate of drug-likeness (QED) is 0.140. The first-order valence-corrected chi connectivity index (χ1v) is 14.2. The van der Waals surface area contributed by atoms with Crippen LogP contribution in [0, 0.1) is 17.8 Å². The van der Waals surface area contributed by atoms with Crippen LogP contribution in [0.3, 0.4) is 0 Å². The number of carboxylic acids is 1. The average molecular weight is 598 g/mol. The van der Waals surface area contributed by atoms with Crippen molar-refractivity contribution in [2.24, 2.45) is 23.5 Å². The molecule has 0 amide bonds. The minimum Gasteiger partial charge on any atom is -0.480 e. The van der Waals surface area contributed by atoms with Gasteiger partial charge in [0.2, 0.25) is 0 Å². The minimum absolute atomic E-state index is 0.000565. The van der Waals surface area contributed by atoms with Gasteiger partial charge in [0.15, 0.2) is 11.5 Å². The fourth-order valence-electron chi connectivity index (χ4n) is 3.52. The molecule has 238 valence electrons. The molecule has 12 heteroatoms. The predicted octanol–water partition coefficient (Wildman–Crippen LogP) is 6.28. The van der Waals surface area contributed by atoms with Crippen molar-refractivity contribution in [3.63, 3.8) is 0 Å². The number of carboxylic acid groups (broad SMARTS) is 1. The highest BCUT2D eigenvalue weighted by Crippen LogP contribution is 2.37. The molecule has 0 aromatic heterocycles. The molecule has 0 radical (unpaired) electrons. The van der Waals surface area contributed by atoms with Gasteiger partial charge in [-0.1, -0.05) is 47.6 Å². The maximum atomic E-state index is 12.6. The minimum atomic E-state index is -1.44. The van der Waals surface area contributed by atoms with E-state index in [1.807, 2.05) is 34.6 Å². The Morgan fingerprint density at radius 2 is 1.19 bits per heavy atom. The number of hydrogen-bond donors (Lipinski definition) is 2. The first kappa shape index (κ1) is 36.5. The first-order valence-electron chi connectivity index (χ1n) is 14.2. The summed E-state index contributed by atoms with van der Waals surface area (Å²) in [5.74, 6) is -3.25. The second kappa shape index (κ2) is 16.8. The van der Waals surface area contributed by atoms with Gasteiger partial charge in [0.05, 0.1) is 0 Å². The molecule has 0 fully saturated rings. The van der Waals surface area contributed by atoms with E-state index in [0.717, 1.165) is 0 Å². The second-order valence-corrected chi connectivity index (χ2v) is 11.2. The third kappa shape index (κ3) is 11.4. The highest BCUT2D eigenvalue weighted by molar-refractivity contribution is 5.75. The predicted molar refractivity (Wildman–Crippen MR) is 154 cm³/mol. The van der Waals surface area contributed by atoms with E-state index in [2.05, 4.69) is 0 Å². The third-order valence-corrected chi connectivity index (χ3v) is 7.31. The van der Waals surface area contributed by atoms with Crippen LogP contribution in [0.4, 0.5) is 14.4 Å². The van der Waals surface area contributed by atoms with E-state index >= 15 is 0 Å². The Balaban J connectivity index is 3.46. The maximum Gasteiger partial charge on any atom is 0.514 e. The van der Waals surface area contributed by atoms with Crippen LogP contribution in [0.15, 0.2) is 18.2 Å². The van der Waals surface area contributed by atoms with Crippen LogP contribution in [0.25, 0.3) is 0 Å². The number of rotatable bonds is 14. The first-order chi connectivity index (χ1) is 19.5. The Morgan fingerprint density at radius 1 is 0.714 bits per heavy atom.